The van der Waals surface area contributed by atoms with E-state index in [2.05, 4.69) is 48.2 Å². The summed E-state index contributed by atoms with van der Waals surface area (Å²) < 4.78 is 18.6. The van der Waals surface area contributed by atoms with Crippen molar-refractivity contribution in [3.05, 3.63) is 90.3 Å². The van der Waals surface area contributed by atoms with Crippen LogP contribution in [-0.2, 0) is 30.4 Å². The molecule has 5 amide bonds. The van der Waals surface area contributed by atoms with Crippen LogP contribution in [-0.4, -0.2) is 124 Å². The number of piperidine rings is 1. The Morgan fingerprint density at radius 3 is 2.48 bits per heavy atom. The fourth-order valence-electron chi connectivity index (χ4n) is 7.35. The molecule has 1 atom stereocenters. The summed E-state index contributed by atoms with van der Waals surface area (Å²) in [5.74, 6) is -0.598. The van der Waals surface area contributed by atoms with E-state index in [0.717, 1.165) is 33.4 Å². The Bertz CT molecular complexity index is 2300. The topological polar surface area (TPSA) is 206 Å². The Kier molecular flexibility index (Phi) is 11.4. The number of hydrogen-bond acceptors (Lipinski definition) is 14. The van der Waals surface area contributed by atoms with Gasteiger partial charge >= 0.3 is 0 Å². The number of nitrogens with one attached hydrogen (secondary N) is 3. The van der Waals surface area contributed by atoms with E-state index in [4.69, 9.17) is 13.9 Å². The van der Waals surface area contributed by atoms with Crippen LogP contribution in [0.15, 0.2) is 77.8 Å². The number of rotatable bonds is 16. The van der Waals surface area contributed by atoms with E-state index in [1.807, 2.05) is 33.6 Å². The fraction of sp³-hybridized carbons (Fsp3) is 0.350. The van der Waals surface area contributed by atoms with Gasteiger partial charge in [-0.05, 0) is 42.8 Å². The molecule has 3 aromatic heterocycles. The monoisotopic (exact) mass is 790 g/mol. The molecule has 3 aliphatic heterocycles. The molecular weight excluding hydrogens is 749 g/mol. The lowest BCUT2D eigenvalue weighted by Crippen LogP contribution is -2.54. The highest BCUT2D eigenvalue weighted by atomic mass is 16.5. The van der Waals surface area contributed by atoms with Gasteiger partial charge in [0.2, 0.25) is 17.7 Å². The number of benzene rings is 2. The molecule has 0 aliphatic carbocycles. The Labute approximate surface area is 332 Å². The maximum atomic E-state index is 13.2. The molecule has 0 saturated carbocycles. The second-order valence-corrected chi connectivity index (χ2v) is 13.9. The van der Waals surface area contributed by atoms with E-state index in [1.54, 1.807) is 37.0 Å². The molecule has 18 heteroatoms. The number of imide groups is 2. The number of carbonyl (C=O) groups excluding carboxylic acids is 5. The number of ether oxygens (including phenoxy) is 2. The summed E-state index contributed by atoms with van der Waals surface area (Å²) in [6.07, 6.45) is 5.48. The number of amides is 5. The Balaban J connectivity index is 0.718. The van der Waals surface area contributed by atoms with Gasteiger partial charge in [-0.1, -0.05) is 18.2 Å². The minimum Gasteiger partial charge on any atom is -0.467 e. The van der Waals surface area contributed by atoms with E-state index in [-0.39, 0.29) is 42.9 Å². The Morgan fingerprint density at radius 1 is 0.897 bits per heavy atom. The summed E-state index contributed by atoms with van der Waals surface area (Å²) in [5.41, 5.74) is 4.22. The number of hydrogen-bond donors (Lipinski definition) is 3. The van der Waals surface area contributed by atoms with Crippen LogP contribution in [0.3, 0.4) is 0 Å². The van der Waals surface area contributed by atoms with Gasteiger partial charge in [0.15, 0.2) is 5.65 Å². The van der Waals surface area contributed by atoms with Crippen LogP contribution in [0.1, 0.15) is 45.7 Å². The average Bonchev–Trinajstić information content (AvgIpc) is 4.01. The van der Waals surface area contributed by atoms with Crippen molar-refractivity contribution in [1.29, 1.82) is 0 Å². The molecule has 18 nitrogen and oxygen atoms in total. The summed E-state index contributed by atoms with van der Waals surface area (Å²) in [7, 11) is 0. The third-order valence-electron chi connectivity index (χ3n) is 10.4. The number of piperazine rings is 1. The van der Waals surface area contributed by atoms with Gasteiger partial charge in [0, 0.05) is 56.1 Å². The molecule has 5 aromatic rings. The lowest BCUT2D eigenvalue weighted by Gasteiger charge is -2.36. The van der Waals surface area contributed by atoms with E-state index >= 15 is 0 Å². The molecule has 2 fully saturated rings. The first kappa shape index (κ1) is 38.2. The first-order chi connectivity index (χ1) is 28.4. The van der Waals surface area contributed by atoms with Crippen molar-refractivity contribution in [1.82, 2.24) is 34.7 Å². The second kappa shape index (κ2) is 17.2. The molecule has 2 saturated heterocycles. The summed E-state index contributed by atoms with van der Waals surface area (Å²) >= 11 is 0. The first-order valence-corrected chi connectivity index (χ1v) is 19.2. The van der Waals surface area contributed by atoms with Crippen LogP contribution >= 0.6 is 0 Å². The van der Waals surface area contributed by atoms with Crippen LogP contribution in [0.2, 0.25) is 0 Å². The SMILES string of the molecule is O=C1CCC(N2C(=O)c3cccc(NCCOCCOCCC(=O)N4CCN(c5ccc(-c6ncc(NCc7ccco7)n7cnnc67)cc5)CC4)c3C2=O)C(=O)N1. The zero-order chi connectivity index (χ0) is 40.0. The average molecular weight is 791 g/mol. The lowest BCUT2D eigenvalue weighted by atomic mass is 10.0. The van der Waals surface area contributed by atoms with Gasteiger partial charge < -0.3 is 34.3 Å². The number of carbonyl (C=O) groups is 5. The maximum absolute atomic E-state index is 13.2. The molecule has 0 bridgehead atoms. The zero-order valence-electron chi connectivity index (χ0n) is 31.6. The number of aromatic nitrogens is 4. The van der Waals surface area contributed by atoms with Gasteiger partial charge in [-0.2, -0.15) is 0 Å². The predicted octanol–water partition coefficient (Wildman–Crippen LogP) is 2.58. The highest BCUT2D eigenvalue weighted by molar-refractivity contribution is 6.25. The van der Waals surface area contributed by atoms with E-state index in [0.29, 0.717) is 70.4 Å². The largest absolute Gasteiger partial charge is 0.467 e. The normalized spacial score (nSPS) is 16.9. The van der Waals surface area contributed by atoms with Gasteiger partial charge in [-0.15, -0.1) is 10.2 Å². The summed E-state index contributed by atoms with van der Waals surface area (Å²) in [6.45, 7) is 4.74. The van der Waals surface area contributed by atoms with Crippen LogP contribution in [0.5, 0.6) is 0 Å². The van der Waals surface area contributed by atoms with Crippen molar-refractivity contribution in [3.8, 4) is 11.3 Å². The summed E-state index contributed by atoms with van der Waals surface area (Å²) in [4.78, 5) is 72.9. The first-order valence-electron chi connectivity index (χ1n) is 19.2. The van der Waals surface area contributed by atoms with E-state index < -0.39 is 29.7 Å². The third-order valence-corrected chi connectivity index (χ3v) is 10.4. The van der Waals surface area contributed by atoms with Crippen molar-refractivity contribution < 1.29 is 37.9 Å². The van der Waals surface area contributed by atoms with Gasteiger partial charge in [-0.3, -0.25) is 38.6 Å². The summed E-state index contributed by atoms with van der Waals surface area (Å²) in [5, 5.41) is 17.1. The quantitative estimate of drug-likeness (QED) is 0.0971. The molecule has 2 aromatic carbocycles. The van der Waals surface area contributed by atoms with Crippen LogP contribution in [0, 0.1) is 0 Å². The number of nitrogens with zero attached hydrogens (tertiary/aromatic N) is 7. The molecular formula is C40H42N10O8. The van der Waals surface area contributed by atoms with Crippen molar-refractivity contribution in [2.24, 2.45) is 0 Å². The van der Waals surface area contributed by atoms with E-state index in [9.17, 15) is 24.0 Å². The standard InChI is InChI=1S/C40H42N10O8/c51-33-11-10-31(38(53)45-33)50-39(54)29-4-1-5-30(35(29)40(50)55)41-13-20-57-22-21-56-19-12-34(52)48-16-14-47(15-17-48)27-8-6-26(7-9-27)36-37-46-44-25-49(37)32(24-43-36)42-23-28-3-2-18-58-28/h1-9,18,24-25,31,41-42H,10-17,19-23H2,(H,45,51,53). The number of anilines is 3. The Morgan fingerprint density at radius 2 is 1.71 bits per heavy atom. The Hall–Kier alpha value is -6.66. The molecule has 300 valence electrons. The van der Waals surface area contributed by atoms with E-state index in [1.165, 1.54) is 0 Å². The van der Waals surface area contributed by atoms with Crippen molar-refractivity contribution >= 4 is 52.4 Å². The minimum atomic E-state index is -1.03. The molecule has 6 heterocycles. The van der Waals surface area contributed by atoms with Crippen molar-refractivity contribution in [3.63, 3.8) is 0 Å². The van der Waals surface area contributed by atoms with Crippen LogP contribution in [0.25, 0.3) is 16.9 Å². The molecule has 3 aliphatic rings. The van der Waals surface area contributed by atoms with Gasteiger partial charge in [0.1, 0.15) is 29.6 Å². The van der Waals surface area contributed by atoms with Crippen LogP contribution < -0.4 is 20.9 Å². The van der Waals surface area contributed by atoms with Crippen molar-refractivity contribution in [2.45, 2.75) is 31.8 Å². The maximum Gasteiger partial charge on any atom is 0.264 e. The molecule has 0 spiro atoms. The minimum absolute atomic E-state index is 0.0465. The van der Waals surface area contributed by atoms with Crippen LogP contribution in [0.4, 0.5) is 17.2 Å². The molecule has 3 N–H and O–H groups in total. The highest BCUT2D eigenvalue weighted by Crippen LogP contribution is 2.32. The molecule has 1 unspecified atom stereocenters. The summed E-state index contributed by atoms with van der Waals surface area (Å²) in [6, 6.07) is 15.8. The zero-order valence-corrected chi connectivity index (χ0v) is 31.6. The van der Waals surface area contributed by atoms with Gasteiger partial charge in [-0.25, -0.2) is 4.98 Å². The predicted molar refractivity (Wildman–Crippen MR) is 209 cm³/mol. The smallest absolute Gasteiger partial charge is 0.264 e. The highest BCUT2D eigenvalue weighted by Gasteiger charge is 2.45. The molecule has 0 radical (unpaired) electrons. The van der Waals surface area contributed by atoms with Crippen molar-refractivity contribution in [2.75, 3.05) is 74.7 Å². The molecule has 8 rings (SSSR count). The number of furan rings is 1. The fourth-order valence-corrected chi connectivity index (χ4v) is 7.35. The van der Waals surface area contributed by atoms with Gasteiger partial charge in [0.05, 0.1) is 63.0 Å². The third kappa shape index (κ3) is 8.10. The van der Waals surface area contributed by atoms with Gasteiger partial charge in [0.25, 0.3) is 11.8 Å². The number of fused-ring (bicyclic) bond motifs is 2. The molecule has 58 heavy (non-hydrogen) atoms. The lowest BCUT2D eigenvalue weighted by molar-refractivity contribution is -0.136. The second-order valence-electron chi connectivity index (χ2n) is 13.9.